The van der Waals surface area contributed by atoms with Gasteiger partial charge in [0.05, 0.1) is 17.5 Å². The number of aliphatic hydroxyl groups excluding tert-OH is 1. The minimum atomic E-state index is -1.54. The van der Waals surface area contributed by atoms with Crippen molar-refractivity contribution in [1.82, 2.24) is 4.90 Å². The van der Waals surface area contributed by atoms with E-state index in [2.05, 4.69) is 5.32 Å². The number of likely N-dealkylation sites (tertiary alicyclic amines) is 1. The van der Waals surface area contributed by atoms with Crippen LogP contribution >= 0.6 is 23.2 Å². The van der Waals surface area contributed by atoms with Crippen molar-refractivity contribution >= 4 is 34.8 Å². The highest BCUT2D eigenvalue weighted by Crippen LogP contribution is 2.53. The van der Waals surface area contributed by atoms with E-state index >= 15 is 4.39 Å². The average Bonchev–Trinajstić information content (AvgIpc) is 3.00. The van der Waals surface area contributed by atoms with Crippen molar-refractivity contribution in [3.05, 3.63) is 73.5 Å². The molecule has 0 saturated carbocycles. The van der Waals surface area contributed by atoms with Crippen molar-refractivity contribution in [3.63, 3.8) is 0 Å². The Morgan fingerprint density at radius 2 is 2.00 bits per heavy atom. The Bertz CT molecular complexity index is 1160. The van der Waals surface area contributed by atoms with Gasteiger partial charge in [0.1, 0.15) is 17.4 Å². The van der Waals surface area contributed by atoms with Gasteiger partial charge in [0, 0.05) is 34.2 Å². The molecule has 0 aromatic heterocycles. The molecule has 2 N–H and O–H groups in total. The summed E-state index contributed by atoms with van der Waals surface area (Å²) in [5.41, 5.74) is -0.712. The third-order valence-corrected chi connectivity index (χ3v) is 7.26. The minimum Gasteiger partial charge on any atom is -0.394 e. The molecule has 34 heavy (non-hydrogen) atoms. The molecule has 1 saturated heterocycles. The van der Waals surface area contributed by atoms with Crippen LogP contribution in [0.1, 0.15) is 37.8 Å². The lowest BCUT2D eigenvalue weighted by atomic mass is 9.71. The lowest BCUT2D eigenvalue weighted by molar-refractivity contribution is -0.528. The molecule has 1 fully saturated rings. The van der Waals surface area contributed by atoms with E-state index in [4.69, 9.17) is 23.2 Å². The summed E-state index contributed by atoms with van der Waals surface area (Å²) >= 11 is 12.2. The standard InChI is InChI=1S/C24H26Cl2FN3O4/c1-23(2,3)12-29-18(11-31)21(30(33)34)19(15-5-4-6-16(26)20(15)27)24(29)10-13-7-8-14(25)9-17(13)28-22(24)32/h4-9,18-19,21,31H,10-12H2,1-3H3,(H,28,32)/t18-,19-,21+,24+/m0/s1. The van der Waals surface area contributed by atoms with Crippen molar-refractivity contribution in [2.75, 3.05) is 18.5 Å². The van der Waals surface area contributed by atoms with E-state index in [1.807, 2.05) is 20.8 Å². The first kappa shape index (κ1) is 24.9. The fourth-order valence-electron chi connectivity index (χ4n) is 5.51. The highest BCUT2D eigenvalue weighted by molar-refractivity contribution is 6.31. The third kappa shape index (κ3) is 3.96. The summed E-state index contributed by atoms with van der Waals surface area (Å²) < 4.78 is 15.4. The molecule has 7 nitrogen and oxygen atoms in total. The van der Waals surface area contributed by atoms with Crippen LogP contribution in [0.25, 0.3) is 0 Å². The molecule has 0 radical (unpaired) electrons. The number of halogens is 3. The van der Waals surface area contributed by atoms with E-state index in [9.17, 15) is 20.0 Å². The maximum atomic E-state index is 15.4. The van der Waals surface area contributed by atoms with Gasteiger partial charge >= 0.3 is 0 Å². The van der Waals surface area contributed by atoms with Gasteiger partial charge in [-0.15, -0.1) is 0 Å². The lowest BCUT2D eigenvalue weighted by Gasteiger charge is -2.46. The molecular weight excluding hydrogens is 484 g/mol. The van der Waals surface area contributed by atoms with Crippen molar-refractivity contribution in [1.29, 1.82) is 0 Å². The number of rotatable bonds is 4. The third-order valence-electron chi connectivity index (χ3n) is 6.73. The first-order valence-corrected chi connectivity index (χ1v) is 11.7. The van der Waals surface area contributed by atoms with E-state index in [-0.39, 0.29) is 29.0 Å². The topological polar surface area (TPSA) is 95.7 Å². The van der Waals surface area contributed by atoms with Crippen molar-refractivity contribution in [2.45, 2.75) is 50.7 Å². The van der Waals surface area contributed by atoms with E-state index < -0.39 is 46.8 Å². The minimum absolute atomic E-state index is 0.0170. The number of aliphatic hydroxyl groups is 1. The second-order valence-corrected chi connectivity index (χ2v) is 11.0. The van der Waals surface area contributed by atoms with Crippen molar-refractivity contribution < 1.29 is 19.2 Å². The number of amides is 1. The van der Waals surface area contributed by atoms with E-state index in [0.29, 0.717) is 10.7 Å². The number of nitro groups is 1. The molecule has 2 aliphatic rings. The number of nitrogens with zero attached hydrogens (tertiary/aromatic N) is 2. The molecule has 0 aliphatic carbocycles. The number of benzene rings is 2. The number of hydrogen-bond acceptors (Lipinski definition) is 5. The fraction of sp³-hybridized carbons (Fsp3) is 0.458. The molecule has 2 aromatic rings. The van der Waals surface area contributed by atoms with Gasteiger partial charge in [0.2, 0.25) is 11.9 Å². The Morgan fingerprint density at radius 3 is 2.62 bits per heavy atom. The summed E-state index contributed by atoms with van der Waals surface area (Å²) in [6, 6.07) is 6.90. The summed E-state index contributed by atoms with van der Waals surface area (Å²) in [6.07, 6.45) is 0.0822. The number of fused-ring (bicyclic) bond motifs is 1. The SMILES string of the molecule is CC(C)(C)CN1[C@@H](CO)[C@@H]([N+](=O)[O-])[C@H](c2cccc(Cl)c2F)[C@@]12Cc1ccc(Cl)cc1NC2=O. The number of anilines is 1. The number of nitrogens with one attached hydrogen (secondary N) is 1. The normalized spacial score (nSPS) is 27.0. The lowest BCUT2D eigenvalue weighted by Crippen LogP contribution is -2.62. The van der Waals surface area contributed by atoms with E-state index in [1.54, 1.807) is 23.1 Å². The summed E-state index contributed by atoms with van der Waals surface area (Å²) in [5, 5.41) is 25.9. The predicted octanol–water partition coefficient (Wildman–Crippen LogP) is 4.52. The largest absolute Gasteiger partial charge is 0.394 e. The first-order chi connectivity index (χ1) is 15.9. The highest BCUT2D eigenvalue weighted by atomic mass is 35.5. The Balaban J connectivity index is 2.03. The van der Waals surface area contributed by atoms with Crippen LogP contribution in [0.5, 0.6) is 0 Å². The van der Waals surface area contributed by atoms with Gasteiger partial charge in [-0.3, -0.25) is 19.8 Å². The predicted molar refractivity (Wildman–Crippen MR) is 128 cm³/mol. The van der Waals surface area contributed by atoms with Gasteiger partial charge in [-0.05, 0) is 29.2 Å². The van der Waals surface area contributed by atoms with Crippen LogP contribution in [0.2, 0.25) is 10.0 Å². The maximum Gasteiger partial charge on any atom is 0.246 e. The van der Waals surface area contributed by atoms with Gasteiger partial charge in [-0.1, -0.05) is 62.2 Å². The quantitative estimate of drug-likeness (QED) is 0.466. The van der Waals surface area contributed by atoms with Gasteiger partial charge in [0.15, 0.2) is 0 Å². The van der Waals surface area contributed by atoms with Crippen LogP contribution in [0, 0.1) is 21.3 Å². The molecule has 182 valence electrons. The molecule has 2 aromatic carbocycles. The summed E-state index contributed by atoms with van der Waals surface area (Å²) in [7, 11) is 0. The van der Waals surface area contributed by atoms with Gasteiger partial charge < -0.3 is 10.4 Å². The number of carbonyl (C=O) groups is 1. The fourth-order valence-corrected chi connectivity index (χ4v) is 5.86. The van der Waals surface area contributed by atoms with Gasteiger partial charge in [0.25, 0.3) is 0 Å². The van der Waals surface area contributed by atoms with Gasteiger partial charge in [-0.25, -0.2) is 4.39 Å². The molecule has 1 spiro atoms. The molecule has 0 unspecified atom stereocenters. The summed E-state index contributed by atoms with van der Waals surface area (Å²) in [4.78, 5) is 27.6. The van der Waals surface area contributed by atoms with E-state index in [0.717, 1.165) is 5.56 Å². The van der Waals surface area contributed by atoms with Crippen LogP contribution in [0.3, 0.4) is 0 Å². The van der Waals surface area contributed by atoms with Crippen LogP contribution in [0.15, 0.2) is 36.4 Å². The maximum absolute atomic E-state index is 15.4. The Kier molecular flexibility index (Phi) is 6.40. The van der Waals surface area contributed by atoms with Crippen LogP contribution < -0.4 is 5.32 Å². The second-order valence-electron chi connectivity index (χ2n) is 10.2. The molecule has 2 heterocycles. The molecule has 2 aliphatic heterocycles. The summed E-state index contributed by atoms with van der Waals surface area (Å²) in [5.74, 6) is -2.51. The average molecular weight is 510 g/mol. The molecule has 10 heteroatoms. The Hall–Kier alpha value is -2.26. The zero-order valence-electron chi connectivity index (χ0n) is 19.0. The Morgan fingerprint density at radius 1 is 1.29 bits per heavy atom. The zero-order chi connectivity index (χ0) is 25.0. The molecule has 1 amide bonds. The first-order valence-electron chi connectivity index (χ1n) is 11.0. The van der Waals surface area contributed by atoms with Gasteiger partial charge in [-0.2, -0.15) is 0 Å². The molecule has 0 bridgehead atoms. The molecule has 4 rings (SSSR count). The molecular formula is C24H26Cl2FN3O4. The number of hydrogen-bond donors (Lipinski definition) is 2. The van der Waals surface area contributed by atoms with Crippen molar-refractivity contribution in [3.8, 4) is 0 Å². The smallest absolute Gasteiger partial charge is 0.246 e. The van der Waals surface area contributed by atoms with Crippen LogP contribution in [-0.4, -0.2) is 51.6 Å². The number of carbonyl (C=O) groups excluding carboxylic acids is 1. The zero-order valence-corrected chi connectivity index (χ0v) is 20.5. The Labute approximate surface area is 207 Å². The van der Waals surface area contributed by atoms with Crippen LogP contribution in [0.4, 0.5) is 10.1 Å². The van der Waals surface area contributed by atoms with E-state index in [1.165, 1.54) is 18.2 Å². The highest BCUT2D eigenvalue weighted by Gasteiger charge is 2.69. The summed E-state index contributed by atoms with van der Waals surface area (Å²) in [6.45, 7) is 5.52. The monoisotopic (exact) mass is 509 g/mol. The van der Waals surface area contributed by atoms with Crippen LogP contribution in [-0.2, 0) is 11.2 Å². The molecule has 4 atom stereocenters. The van der Waals surface area contributed by atoms with Crippen molar-refractivity contribution in [2.24, 2.45) is 5.41 Å². The second kappa shape index (κ2) is 8.75.